The van der Waals surface area contributed by atoms with Gasteiger partial charge in [0.2, 0.25) is 5.78 Å². The molecular formula is C31H28ClNO7. The monoisotopic (exact) mass is 561 g/mol. The first kappa shape index (κ1) is 27.1. The molecule has 4 aromatic rings. The minimum atomic E-state index is -0.982. The van der Waals surface area contributed by atoms with Gasteiger partial charge in [0.1, 0.15) is 0 Å². The summed E-state index contributed by atoms with van der Waals surface area (Å²) in [4.78, 5) is 29.2. The Labute approximate surface area is 236 Å². The molecule has 5 rings (SSSR count). The third-order valence-corrected chi connectivity index (χ3v) is 7.09. The predicted molar refractivity (Wildman–Crippen MR) is 152 cm³/mol. The minimum Gasteiger partial charge on any atom is -0.503 e. The lowest BCUT2D eigenvalue weighted by Gasteiger charge is -2.29. The standard InChI is InChI=1S/C31H28ClNO7/c1-6-39-23-13-18(9-10-22(23)37-4)27-26(29(35)31(36)33(27)21-11-16(2)7-8-17(21)3)28(34)24-14-19-12-20(32)15-25(38-5)30(19)40-24/h7-15,27,35H,6H2,1-5H3. The summed E-state index contributed by atoms with van der Waals surface area (Å²) in [6.07, 6.45) is 0. The fourth-order valence-corrected chi connectivity index (χ4v) is 5.21. The summed E-state index contributed by atoms with van der Waals surface area (Å²) in [5.74, 6) is -0.786. The number of aliphatic hydroxyl groups excluding tert-OH is 1. The lowest BCUT2D eigenvalue weighted by Crippen LogP contribution is -2.31. The van der Waals surface area contributed by atoms with Crippen molar-refractivity contribution in [3.05, 3.63) is 93.4 Å². The Morgan fingerprint density at radius 3 is 2.45 bits per heavy atom. The van der Waals surface area contributed by atoms with Crippen molar-refractivity contribution in [1.82, 2.24) is 0 Å². The van der Waals surface area contributed by atoms with E-state index in [2.05, 4.69) is 0 Å². The summed E-state index contributed by atoms with van der Waals surface area (Å²) in [6, 6.07) is 14.6. The smallest absolute Gasteiger partial charge is 0.294 e. The van der Waals surface area contributed by atoms with Crippen molar-refractivity contribution < 1.29 is 33.3 Å². The number of hydrogen-bond donors (Lipinski definition) is 1. The topological polar surface area (TPSA) is 98.4 Å². The van der Waals surface area contributed by atoms with Gasteiger partial charge in [-0.2, -0.15) is 0 Å². The molecule has 1 amide bonds. The maximum absolute atomic E-state index is 14.1. The van der Waals surface area contributed by atoms with Crippen LogP contribution >= 0.6 is 11.6 Å². The van der Waals surface area contributed by atoms with Crippen LogP contribution in [0.15, 0.2) is 70.3 Å². The molecule has 8 nitrogen and oxygen atoms in total. The molecule has 40 heavy (non-hydrogen) atoms. The van der Waals surface area contributed by atoms with Gasteiger partial charge >= 0.3 is 0 Å². The zero-order chi connectivity index (χ0) is 28.7. The van der Waals surface area contributed by atoms with Crippen LogP contribution in [-0.2, 0) is 4.79 Å². The van der Waals surface area contributed by atoms with E-state index < -0.39 is 23.5 Å². The number of halogens is 1. The summed E-state index contributed by atoms with van der Waals surface area (Å²) >= 11 is 6.21. The highest BCUT2D eigenvalue weighted by Gasteiger charge is 2.46. The molecule has 1 unspecified atom stereocenters. The van der Waals surface area contributed by atoms with Crippen LogP contribution in [-0.4, -0.2) is 37.6 Å². The Balaban J connectivity index is 1.71. The molecule has 2 heterocycles. The van der Waals surface area contributed by atoms with Crippen molar-refractivity contribution >= 4 is 39.9 Å². The van der Waals surface area contributed by atoms with Crippen LogP contribution in [0.5, 0.6) is 17.2 Å². The Morgan fingerprint density at radius 1 is 1.00 bits per heavy atom. The normalized spacial score (nSPS) is 15.2. The number of fused-ring (bicyclic) bond motifs is 1. The van der Waals surface area contributed by atoms with E-state index in [1.54, 1.807) is 30.3 Å². The van der Waals surface area contributed by atoms with Gasteiger partial charge in [0.15, 0.2) is 34.4 Å². The van der Waals surface area contributed by atoms with Crippen molar-refractivity contribution in [2.75, 3.05) is 25.7 Å². The third kappa shape index (κ3) is 4.54. The predicted octanol–water partition coefficient (Wildman–Crippen LogP) is 6.90. The van der Waals surface area contributed by atoms with Crippen molar-refractivity contribution in [3.8, 4) is 17.2 Å². The van der Waals surface area contributed by atoms with Crippen LogP contribution < -0.4 is 19.1 Å². The molecule has 1 aromatic heterocycles. The van der Waals surface area contributed by atoms with Crippen LogP contribution in [0.2, 0.25) is 5.02 Å². The molecule has 0 saturated heterocycles. The molecule has 0 spiro atoms. The first-order chi connectivity index (χ1) is 19.2. The first-order valence-electron chi connectivity index (χ1n) is 12.6. The number of aryl methyl sites for hydroxylation is 2. The van der Waals surface area contributed by atoms with Gasteiger partial charge in [-0.25, -0.2) is 0 Å². The molecule has 9 heteroatoms. The number of hydrogen-bond acceptors (Lipinski definition) is 7. The fraction of sp³-hybridized carbons (Fsp3) is 0.226. The maximum Gasteiger partial charge on any atom is 0.294 e. The van der Waals surface area contributed by atoms with Gasteiger partial charge < -0.3 is 23.7 Å². The van der Waals surface area contributed by atoms with Crippen molar-refractivity contribution in [2.24, 2.45) is 0 Å². The van der Waals surface area contributed by atoms with Crippen LogP contribution in [0.25, 0.3) is 11.0 Å². The molecular weight excluding hydrogens is 534 g/mol. The van der Waals surface area contributed by atoms with Crippen LogP contribution in [0.3, 0.4) is 0 Å². The summed E-state index contributed by atoms with van der Waals surface area (Å²) in [5.41, 5.74) is 3.02. The molecule has 1 aliphatic rings. The number of anilines is 1. The van der Waals surface area contributed by atoms with Crippen molar-refractivity contribution in [2.45, 2.75) is 26.8 Å². The SMILES string of the molecule is CCOc1cc(C2C(C(=O)c3cc4cc(Cl)cc(OC)c4o3)=C(O)C(=O)N2c2cc(C)ccc2C)ccc1OC. The molecule has 0 fully saturated rings. The lowest BCUT2D eigenvalue weighted by atomic mass is 9.94. The fourth-order valence-electron chi connectivity index (χ4n) is 4.99. The number of carbonyl (C=O) groups is 2. The van der Waals surface area contributed by atoms with Gasteiger partial charge in [-0.05, 0) is 67.8 Å². The van der Waals surface area contributed by atoms with Gasteiger partial charge in [-0.15, -0.1) is 0 Å². The first-order valence-corrected chi connectivity index (χ1v) is 13.0. The number of benzene rings is 3. The van der Waals surface area contributed by atoms with Gasteiger partial charge in [0, 0.05) is 22.2 Å². The number of nitrogens with zero attached hydrogens (tertiary/aromatic N) is 1. The van der Waals surface area contributed by atoms with Gasteiger partial charge in [-0.3, -0.25) is 14.5 Å². The highest BCUT2D eigenvalue weighted by Crippen LogP contribution is 2.45. The van der Waals surface area contributed by atoms with E-state index >= 15 is 0 Å². The summed E-state index contributed by atoms with van der Waals surface area (Å²) in [7, 11) is 3.00. The molecule has 0 radical (unpaired) electrons. The molecule has 206 valence electrons. The minimum absolute atomic E-state index is 0.0729. The van der Waals surface area contributed by atoms with Crippen molar-refractivity contribution in [1.29, 1.82) is 0 Å². The van der Waals surface area contributed by atoms with E-state index in [0.29, 0.717) is 51.1 Å². The molecule has 0 bridgehead atoms. The Morgan fingerprint density at radius 2 is 1.75 bits per heavy atom. The largest absolute Gasteiger partial charge is 0.503 e. The molecule has 0 saturated carbocycles. The van der Waals surface area contributed by atoms with E-state index in [9.17, 15) is 14.7 Å². The zero-order valence-corrected chi connectivity index (χ0v) is 23.5. The number of ketones is 1. The summed E-state index contributed by atoms with van der Waals surface area (Å²) < 4.78 is 22.5. The van der Waals surface area contributed by atoms with Crippen LogP contribution in [0.4, 0.5) is 5.69 Å². The number of carbonyl (C=O) groups excluding carboxylic acids is 2. The second kappa shape index (κ2) is 10.6. The van der Waals surface area contributed by atoms with Gasteiger partial charge in [-0.1, -0.05) is 29.8 Å². The highest BCUT2D eigenvalue weighted by atomic mass is 35.5. The Bertz CT molecular complexity index is 1690. The summed E-state index contributed by atoms with van der Waals surface area (Å²) in [5, 5.41) is 12.2. The number of ether oxygens (including phenoxy) is 3. The third-order valence-electron chi connectivity index (χ3n) is 6.87. The average Bonchev–Trinajstić information content (AvgIpc) is 3.48. The number of methoxy groups -OCH3 is 2. The van der Waals surface area contributed by atoms with E-state index in [1.165, 1.54) is 25.2 Å². The maximum atomic E-state index is 14.1. The number of Topliss-reactive ketones (excluding diaryl/α,β-unsaturated/α-hetero) is 1. The van der Waals surface area contributed by atoms with Crippen LogP contribution in [0, 0.1) is 13.8 Å². The molecule has 1 atom stereocenters. The second-order valence-electron chi connectivity index (χ2n) is 9.44. The van der Waals surface area contributed by atoms with E-state index in [4.69, 9.17) is 30.2 Å². The molecule has 0 aliphatic carbocycles. The highest BCUT2D eigenvalue weighted by molar-refractivity contribution is 6.31. The zero-order valence-electron chi connectivity index (χ0n) is 22.7. The van der Waals surface area contributed by atoms with Gasteiger partial charge in [0.25, 0.3) is 5.91 Å². The summed E-state index contributed by atoms with van der Waals surface area (Å²) in [6.45, 7) is 5.99. The molecule has 1 aliphatic heterocycles. The van der Waals surface area contributed by atoms with Crippen LogP contribution in [0.1, 0.15) is 40.2 Å². The van der Waals surface area contributed by atoms with Gasteiger partial charge in [0.05, 0.1) is 32.4 Å². The number of aliphatic hydroxyl groups is 1. The Kier molecular flexibility index (Phi) is 7.21. The number of amides is 1. The molecule has 3 aromatic carbocycles. The second-order valence-corrected chi connectivity index (χ2v) is 9.88. The molecule has 1 N–H and O–H groups in total. The van der Waals surface area contributed by atoms with E-state index in [1.807, 2.05) is 39.0 Å². The Hall–Kier alpha value is -4.43. The lowest BCUT2D eigenvalue weighted by molar-refractivity contribution is -0.117. The number of rotatable bonds is 8. The number of furan rings is 1. The van der Waals surface area contributed by atoms with E-state index in [0.717, 1.165) is 11.1 Å². The van der Waals surface area contributed by atoms with E-state index in [-0.39, 0.29) is 11.3 Å². The average molecular weight is 562 g/mol. The van der Waals surface area contributed by atoms with Crippen molar-refractivity contribution in [3.63, 3.8) is 0 Å². The quantitative estimate of drug-likeness (QED) is 0.234.